The van der Waals surface area contributed by atoms with Crippen LogP contribution in [0.25, 0.3) is 0 Å². The number of carbonyl (C=O) groups excluding carboxylic acids is 1. The SMILES string of the molecule is O=C(COc1ccccc1)Nc1nc2c(s1)CN(S(=O)(=O)C1CC1)CC2. The smallest absolute Gasteiger partial charge is 0.264 e. The van der Waals surface area contributed by atoms with Crippen molar-refractivity contribution in [1.29, 1.82) is 0 Å². The van der Waals surface area contributed by atoms with Gasteiger partial charge in [-0.25, -0.2) is 13.4 Å². The van der Waals surface area contributed by atoms with Gasteiger partial charge in [0.05, 0.1) is 10.9 Å². The summed E-state index contributed by atoms with van der Waals surface area (Å²) in [7, 11) is -3.18. The van der Waals surface area contributed by atoms with E-state index in [2.05, 4.69) is 10.3 Å². The van der Waals surface area contributed by atoms with Crippen molar-refractivity contribution in [2.24, 2.45) is 0 Å². The molecule has 2 heterocycles. The first kappa shape index (κ1) is 17.4. The van der Waals surface area contributed by atoms with Gasteiger partial charge in [-0.1, -0.05) is 18.2 Å². The number of aromatic nitrogens is 1. The first-order valence-electron chi connectivity index (χ1n) is 8.47. The van der Waals surface area contributed by atoms with Crippen LogP contribution in [-0.2, 0) is 27.8 Å². The van der Waals surface area contributed by atoms with Crippen LogP contribution in [-0.4, -0.2) is 42.0 Å². The standard InChI is InChI=1S/C17H19N3O4S2/c21-16(11-24-12-4-2-1-3-5-12)19-17-18-14-8-9-20(10-15(14)25-17)26(22,23)13-6-7-13/h1-5,13H,6-11H2,(H,18,19,21). The Bertz CT molecular complexity index is 907. The van der Waals surface area contributed by atoms with Crippen molar-refractivity contribution in [3.8, 4) is 5.75 Å². The lowest BCUT2D eigenvalue weighted by Gasteiger charge is -2.25. The van der Waals surface area contributed by atoms with E-state index in [1.807, 2.05) is 18.2 Å². The number of fused-ring (bicyclic) bond motifs is 1. The second-order valence-corrected chi connectivity index (χ2v) is 9.66. The topological polar surface area (TPSA) is 88.6 Å². The molecule has 26 heavy (non-hydrogen) atoms. The van der Waals surface area contributed by atoms with Gasteiger partial charge in [0.2, 0.25) is 10.0 Å². The van der Waals surface area contributed by atoms with Crippen molar-refractivity contribution in [2.75, 3.05) is 18.5 Å². The number of anilines is 1. The third-order valence-corrected chi connectivity index (χ3v) is 7.70. The minimum absolute atomic E-state index is 0.101. The van der Waals surface area contributed by atoms with Crippen LogP contribution in [0, 0.1) is 0 Å². The molecule has 1 fully saturated rings. The second-order valence-electron chi connectivity index (χ2n) is 6.37. The first-order chi connectivity index (χ1) is 12.5. The number of ether oxygens (including phenoxy) is 1. The van der Waals surface area contributed by atoms with Crippen molar-refractivity contribution in [3.63, 3.8) is 0 Å². The number of nitrogens with one attached hydrogen (secondary N) is 1. The monoisotopic (exact) mass is 393 g/mol. The molecule has 1 aromatic carbocycles. The molecule has 138 valence electrons. The lowest BCUT2D eigenvalue weighted by atomic mass is 10.2. The molecule has 0 atom stereocenters. The highest BCUT2D eigenvalue weighted by Gasteiger charge is 2.41. The molecule has 4 rings (SSSR count). The number of carbonyl (C=O) groups is 1. The summed E-state index contributed by atoms with van der Waals surface area (Å²) in [6.07, 6.45) is 2.10. The molecule has 1 saturated carbocycles. The first-order valence-corrected chi connectivity index (χ1v) is 10.8. The van der Waals surface area contributed by atoms with Crippen LogP contribution in [0.2, 0.25) is 0 Å². The van der Waals surface area contributed by atoms with Gasteiger partial charge in [0.1, 0.15) is 5.75 Å². The molecular weight excluding hydrogens is 374 g/mol. The predicted octanol–water partition coefficient (Wildman–Crippen LogP) is 2.01. The van der Waals surface area contributed by atoms with Crippen LogP contribution >= 0.6 is 11.3 Å². The Morgan fingerprint density at radius 3 is 2.81 bits per heavy atom. The second kappa shape index (κ2) is 6.98. The maximum Gasteiger partial charge on any atom is 0.264 e. The maximum absolute atomic E-state index is 12.4. The minimum Gasteiger partial charge on any atom is -0.484 e. The van der Waals surface area contributed by atoms with Crippen LogP contribution in [0.5, 0.6) is 5.75 Å². The molecule has 0 saturated heterocycles. The highest BCUT2D eigenvalue weighted by atomic mass is 32.2. The van der Waals surface area contributed by atoms with E-state index in [0.29, 0.717) is 30.4 Å². The van der Waals surface area contributed by atoms with Gasteiger partial charge in [-0.15, -0.1) is 11.3 Å². The van der Waals surface area contributed by atoms with Gasteiger partial charge < -0.3 is 4.74 Å². The third kappa shape index (κ3) is 3.74. The van der Waals surface area contributed by atoms with E-state index in [4.69, 9.17) is 4.74 Å². The number of sulfonamides is 1. The molecule has 2 aliphatic rings. The lowest BCUT2D eigenvalue weighted by Crippen LogP contribution is -2.37. The summed E-state index contributed by atoms with van der Waals surface area (Å²) in [5.41, 5.74) is 0.872. The zero-order valence-electron chi connectivity index (χ0n) is 14.1. The number of hydrogen-bond donors (Lipinski definition) is 1. The van der Waals surface area contributed by atoms with E-state index in [9.17, 15) is 13.2 Å². The number of benzene rings is 1. The zero-order valence-corrected chi connectivity index (χ0v) is 15.7. The van der Waals surface area contributed by atoms with Gasteiger partial charge in [0.25, 0.3) is 5.91 Å². The molecule has 1 amide bonds. The third-order valence-electron chi connectivity index (χ3n) is 4.36. The number of para-hydroxylation sites is 1. The van der Waals surface area contributed by atoms with Gasteiger partial charge in [0.15, 0.2) is 11.7 Å². The molecule has 9 heteroatoms. The van der Waals surface area contributed by atoms with E-state index in [-0.39, 0.29) is 17.8 Å². The average molecular weight is 393 g/mol. The fourth-order valence-corrected chi connectivity index (χ4v) is 5.77. The van der Waals surface area contributed by atoms with Crippen LogP contribution < -0.4 is 10.1 Å². The summed E-state index contributed by atoms with van der Waals surface area (Å²) in [6.45, 7) is 0.707. The Morgan fingerprint density at radius 2 is 2.08 bits per heavy atom. The van der Waals surface area contributed by atoms with E-state index in [1.54, 1.807) is 16.4 Å². The molecule has 7 nitrogen and oxygen atoms in total. The summed E-state index contributed by atoms with van der Waals surface area (Å²) in [5.74, 6) is 0.337. The Kier molecular flexibility index (Phi) is 4.68. The number of rotatable bonds is 6. The van der Waals surface area contributed by atoms with Gasteiger partial charge in [0, 0.05) is 24.4 Å². The van der Waals surface area contributed by atoms with Gasteiger partial charge >= 0.3 is 0 Å². The average Bonchev–Trinajstić information content (AvgIpc) is 3.42. The molecule has 0 bridgehead atoms. The summed E-state index contributed by atoms with van der Waals surface area (Å²) < 4.78 is 31.7. The van der Waals surface area contributed by atoms with Crippen LogP contribution in [0.15, 0.2) is 30.3 Å². The molecule has 1 N–H and O–H groups in total. The molecule has 0 spiro atoms. The van der Waals surface area contributed by atoms with Gasteiger partial charge in [-0.05, 0) is 25.0 Å². The Hall–Kier alpha value is -1.97. The molecule has 0 unspecified atom stereocenters. The lowest BCUT2D eigenvalue weighted by molar-refractivity contribution is -0.118. The van der Waals surface area contributed by atoms with Crippen LogP contribution in [0.4, 0.5) is 5.13 Å². The molecular formula is C17H19N3O4S2. The summed E-state index contributed by atoms with van der Waals surface area (Å²) in [5, 5.41) is 3.02. The van der Waals surface area contributed by atoms with Gasteiger partial charge in [-0.3, -0.25) is 10.1 Å². The van der Waals surface area contributed by atoms with Crippen molar-refractivity contribution in [2.45, 2.75) is 31.1 Å². The van der Waals surface area contributed by atoms with Crippen LogP contribution in [0.3, 0.4) is 0 Å². The van der Waals surface area contributed by atoms with E-state index >= 15 is 0 Å². The number of amides is 1. The molecule has 1 aliphatic carbocycles. The number of hydrogen-bond acceptors (Lipinski definition) is 6. The van der Waals surface area contributed by atoms with Crippen molar-refractivity contribution in [1.82, 2.24) is 9.29 Å². The Balaban J connectivity index is 1.36. The Labute approximate surface area is 156 Å². The summed E-state index contributed by atoms with van der Waals surface area (Å²) in [6, 6.07) is 9.11. The zero-order chi connectivity index (χ0) is 18.1. The highest BCUT2D eigenvalue weighted by Crippen LogP contribution is 2.35. The normalized spacial score (nSPS) is 17.5. The van der Waals surface area contributed by atoms with Crippen LogP contribution in [0.1, 0.15) is 23.4 Å². The Morgan fingerprint density at radius 1 is 1.31 bits per heavy atom. The summed E-state index contributed by atoms with van der Waals surface area (Å²) in [4.78, 5) is 17.4. The molecule has 2 aromatic rings. The number of thiazole rings is 1. The fraction of sp³-hybridized carbons (Fsp3) is 0.412. The highest BCUT2D eigenvalue weighted by molar-refractivity contribution is 7.90. The predicted molar refractivity (Wildman–Crippen MR) is 98.7 cm³/mol. The molecule has 1 aliphatic heterocycles. The quantitative estimate of drug-likeness (QED) is 0.811. The van der Waals surface area contributed by atoms with Crippen molar-refractivity contribution >= 4 is 32.4 Å². The van der Waals surface area contributed by atoms with E-state index in [1.165, 1.54) is 11.3 Å². The van der Waals surface area contributed by atoms with Gasteiger partial charge in [-0.2, -0.15) is 4.31 Å². The van der Waals surface area contributed by atoms with Crippen molar-refractivity contribution in [3.05, 3.63) is 40.9 Å². The number of nitrogens with zero attached hydrogens (tertiary/aromatic N) is 2. The maximum atomic E-state index is 12.4. The fourth-order valence-electron chi connectivity index (χ4n) is 2.84. The van der Waals surface area contributed by atoms with Crippen molar-refractivity contribution < 1.29 is 17.9 Å². The summed E-state index contributed by atoms with van der Waals surface area (Å²) >= 11 is 1.33. The van der Waals surface area contributed by atoms with E-state index < -0.39 is 10.0 Å². The van der Waals surface area contributed by atoms with E-state index in [0.717, 1.165) is 23.4 Å². The molecule has 1 aromatic heterocycles. The molecule has 0 radical (unpaired) electrons. The largest absolute Gasteiger partial charge is 0.484 e. The minimum atomic E-state index is -3.18.